The molecule has 3 nitrogen and oxygen atoms in total. The van der Waals surface area contributed by atoms with Crippen LogP contribution in [0.2, 0.25) is 15.1 Å². The van der Waals surface area contributed by atoms with Crippen LogP contribution in [0.25, 0.3) is 5.13 Å². The Bertz CT molecular complexity index is 717. The third-order valence-electron chi connectivity index (χ3n) is 2.47. The number of nitrogens with zero attached hydrogens (tertiary/aromatic N) is 2. The van der Waals surface area contributed by atoms with Gasteiger partial charge < -0.3 is 4.74 Å². The van der Waals surface area contributed by atoms with Gasteiger partial charge in [0.15, 0.2) is 10.9 Å². The van der Waals surface area contributed by atoms with E-state index in [1.807, 2.05) is 29.1 Å². The second-order valence-electron chi connectivity index (χ2n) is 3.86. The molecule has 1 aromatic carbocycles. The van der Waals surface area contributed by atoms with E-state index in [4.69, 9.17) is 39.5 Å². The molecule has 0 fully saturated rings. The van der Waals surface area contributed by atoms with Gasteiger partial charge in [0.1, 0.15) is 0 Å². The van der Waals surface area contributed by atoms with Crippen molar-refractivity contribution < 1.29 is 4.74 Å². The quantitative estimate of drug-likeness (QED) is 0.610. The van der Waals surface area contributed by atoms with E-state index in [2.05, 4.69) is 4.98 Å². The van der Waals surface area contributed by atoms with E-state index >= 15 is 0 Å². The summed E-state index contributed by atoms with van der Waals surface area (Å²) in [5, 5.41) is 3.73. The van der Waals surface area contributed by atoms with Crippen LogP contribution in [0.15, 0.2) is 42.0 Å². The summed E-state index contributed by atoms with van der Waals surface area (Å²) in [4.78, 5) is 4.36. The number of ether oxygens (including phenoxy) is 1. The van der Waals surface area contributed by atoms with E-state index in [0.717, 1.165) is 5.13 Å². The van der Waals surface area contributed by atoms with Crippen molar-refractivity contribution in [3.05, 3.63) is 57.1 Å². The van der Waals surface area contributed by atoms with Gasteiger partial charge in [0.25, 0.3) is 0 Å². The number of hydrogen-bond acceptors (Lipinski definition) is 3. The lowest BCUT2D eigenvalue weighted by atomic mass is 10.3. The summed E-state index contributed by atoms with van der Waals surface area (Å²) in [7, 11) is 0. The molecule has 0 radical (unpaired) electrons. The number of hydrogen-bond donors (Lipinski definition) is 0. The molecule has 0 aliphatic heterocycles. The monoisotopic (exact) mass is 344 g/mol. The summed E-state index contributed by atoms with van der Waals surface area (Å²) in [5.74, 6) is 0.784. The molecule has 0 saturated carbocycles. The zero-order valence-corrected chi connectivity index (χ0v) is 13.0. The minimum absolute atomic E-state index is 0.345. The molecule has 0 saturated heterocycles. The fourth-order valence-corrected chi connectivity index (χ4v) is 3.20. The molecule has 0 unspecified atom stereocenters. The first kappa shape index (κ1) is 13.8. The van der Waals surface area contributed by atoms with Gasteiger partial charge in [0.2, 0.25) is 5.88 Å². The van der Waals surface area contributed by atoms with Crippen LogP contribution in [0.4, 0.5) is 0 Å². The summed E-state index contributed by atoms with van der Waals surface area (Å²) in [6, 6.07) is 7.00. The Morgan fingerprint density at radius 1 is 1.05 bits per heavy atom. The molecule has 0 amide bonds. The van der Waals surface area contributed by atoms with Gasteiger partial charge in [-0.1, -0.05) is 34.8 Å². The molecule has 3 aromatic rings. The predicted molar refractivity (Wildman–Crippen MR) is 83.0 cm³/mol. The van der Waals surface area contributed by atoms with Crippen molar-refractivity contribution in [3.63, 3.8) is 0 Å². The van der Waals surface area contributed by atoms with Gasteiger partial charge in [0.05, 0.1) is 15.4 Å². The third-order valence-corrected chi connectivity index (χ3v) is 4.08. The molecule has 2 aromatic heterocycles. The first-order chi connectivity index (χ1) is 9.63. The van der Waals surface area contributed by atoms with Crippen LogP contribution in [-0.2, 0) is 0 Å². The Kier molecular flexibility index (Phi) is 3.89. The van der Waals surface area contributed by atoms with E-state index in [9.17, 15) is 0 Å². The van der Waals surface area contributed by atoms with E-state index in [1.165, 1.54) is 11.3 Å². The van der Waals surface area contributed by atoms with Crippen LogP contribution in [0.1, 0.15) is 0 Å². The molecule has 0 bridgehead atoms. The Hall–Kier alpha value is -1.20. The van der Waals surface area contributed by atoms with Crippen LogP contribution in [-0.4, -0.2) is 9.55 Å². The van der Waals surface area contributed by atoms with Gasteiger partial charge in [0, 0.05) is 17.4 Å². The molecule has 20 heavy (non-hydrogen) atoms. The first-order valence-corrected chi connectivity index (χ1v) is 7.56. The molecule has 0 atom stereocenters. The second kappa shape index (κ2) is 5.66. The highest BCUT2D eigenvalue weighted by atomic mass is 35.5. The zero-order chi connectivity index (χ0) is 14.1. The van der Waals surface area contributed by atoms with Crippen molar-refractivity contribution in [3.8, 4) is 16.8 Å². The number of thiazole rings is 1. The smallest absolute Gasteiger partial charge is 0.232 e. The van der Waals surface area contributed by atoms with Crippen LogP contribution < -0.4 is 4.74 Å². The van der Waals surface area contributed by atoms with Crippen LogP contribution >= 0.6 is 46.1 Å². The van der Waals surface area contributed by atoms with Crippen molar-refractivity contribution >= 4 is 46.1 Å². The molecule has 2 heterocycles. The van der Waals surface area contributed by atoms with Crippen molar-refractivity contribution in [2.45, 2.75) is 0 Å². The van der Waals surface area contributed by atoms with Crippen molar-refractivity contribution in [1.82, 2.24) is 9.55 Å². The highest BCUT2D eigenvalue weighted by molar-refractivity contribution is 7.12. The highest BCUT2D eigenvalue weighted by Gasteiger charge is 2.12. The topological polar surface area (TPSA) is 27.1 Å². The molecular formula is C13H7Cl3N2OS. The first-order valence-electron chi connectivity index (χ1n) is 5.55. The van der Waals surface area contributed by atoms with Gasteiger partial charge in [-0.05, 0) is 24.3 Å². The largest absolute Gasteiger partial charge is 0.435 e. The Morgan fingerprint density at radius 3 is 2.35 bits per heavy atom. The van der Waals surface area contributed by atoms with E-state index in [0.29, 0.717) is 26.7 Å². The molecular weight excluding hydrogens is 339 g/mol. The number of halogens is 3. The number of aromatic nitrogens is 2. The summed E-state index contributed by atoms with van der Waals surface area (Å²) in [5.41, 5.74) is 0. The lowest BCUT2D eigenvalue weighted by molar-refractivity contribution is 0.466. The molecule has 3 rings (SSSR count). The van der Waals surface area contributed by atoms with E-state index < -0.39 is 0 Å². The lowest BCUT2D eigenvalue weighted by Crippen LogP contribution is -1.90. The van der Waals surface area contributed by atoms with Gasteiger partial charge >= 0.3 is 0 Å². The van der Waals surface area contributed by atoms with Gasteiger partial charge in [-0.3, -0.25) is 4.57 Å². The minimum Gasteiger partial charge on any atom is -0.435 e. The van der Waals surface area contributed by atoms with Crippen molar-refractivity contribution in [2.24, 2.45) is 0 Å². The fourth-order valence-electron chi connectivity index (χ4n) is 1.61. The van der Waals surface area contributed by atoms with Crippen molar-refractivity contribution in [2.75, 3.05) is 0 Å². The molecule has 0 aliphatic carbocycles. The molecule has 0 aliphatic rings. The standard InChI is InChI=1S/C13H7Cl3N2OS/c14-8-5-9(15)12(10(16)6-8)19-11-7-20-13(17-11)18-3-1-2-4-18/h1-7H. The number of rotatable bonds is 3. The Morgan fingerprint density at radius 2 is 1.70 bits per heavy atom. The zero-order valence-electron chi connectivity index (χ0n) is 9.89. The number of benzene rings is 1. The average Bonchev–Trinajstić information content (AvgIpc) is 3.04. The maximum atomic E-state index is 6.07. The molecule has 7 heteroatoms. The van der Waals surface area contributed by atoms with Gasteiger partial charge in [-0.15, -0.1) is 11.3 Å². The normalized spacial score (nSPS) is 10.8. The van der Waals surface area contributed by atoms with Gasteiger partial charge in [-0.25, -0.2) is 0 Å². The lowest BCUT2D eigenvalue weighted by Gasteiger charge is -2.07. The molecule has 0 N–H and O–H groups in total. The maximum Gasteiger partial charge on any atom is 0.232 e. The summed E-state index contributed by atoms with van der Waals surface area (Å²) < 4.78 is 7.53. The summed E-state index contributed by atoms with van der Waals surface area (Å²) in [6.07, 6.45) is 3.82. The minimum atomic E-state index is 0.345. The molecule has 0 spiro atoms. The van der Waals surface area contributed by atoms with Crippen LogP contribution in [0.5, 0.6) is 11.6 Å². The maximum absolute atomic E-state index is 6.07. The Labute approximate surface area is 134 Å². The average molecular weight is 346 g/mol. The second-order valence-corrected chi connectivity index (χ2v) is 5.95. The summed E-state index contributed by atoms with van der Waals surface area (Å²) >= 11 is 19.4. The summed E-state index contributed by atoms with van der Waals surface area (Å²) in [6.45, 7) is 0. The SMILES string of the molecule is Clc1cc(Cl)c(Oc2csc(-n3cccc3)n2)c(Cl)c1. The van der Waals surface area contributed by atoms with Crippen LogP contribution in [0, 0.1) is 0 Å². The van der Waals surface area contributed by atoms with Crippen LogP contribution in [0.3, 0.4) is 0 Å². The van der Waals surface area contributed by atoms with E-state index in [-0.39, 0.29) is 0 Å². The van der Waals surface area contributed by atoms with Gasteiger partial charge in [-0.2, -0.15) is 4.98 Å². The predicted octanol–water partition coefficient (Wildman–Crippen LogP) is 5.69. The van der Waals surface area contributed by atoms with Crippen molar-refractivity contribution in [1.29, 1.82) is 0 Å². The third kappa shape index (κ3) is 2.79. The molecule has 102 valence electrons. The highest BCUT2D eigenvalue weighted by Crippen LogP contribution is 2.38. The van der Waals surface area contributed by atoms with E-state index in [1.54, 1.807) is 17.5 Å². The Balaban J connectivity index is 1.89. The fraction of sp³-hybridized carbons (Fsp3) is 0.